The predicted octanol–water partition coefficient (Wildman–Crippen LogP) is 3.59. The summed E-state index contributed by atoms with van der Waals surface area (Å²) in [5.74, 6) is 0.631. The lowest BCUT2D eigenvalue weighted by molar-refractivity contribution is -0.117. The highest BCUT2D eigenvalue weighted by Gasteiger charge is 2.29. The fourth-order valence-corrected chi connectivity index (χ4v) is 3.39. The lowest BCUT2D eigenvalue weighted by atomic mass is 10.0. The fraction of sp³-hybridized carbons (Fsp3) is 0.211. The normalized spacial score (nSPS) is 15.7. The number of hydrogen-bond donors (Lipinski definition) is 1. The summed E-state index contributed by atoms with van der Waals surface area (Å²) >= 11 is 6.44. The molecule has 3 aromatic rings. The van der Waals surface area contributed by atoms with Gasteiger partial charge in [-0.3, -0.25) is 10.1 Å². The van der Waals surface area contributed by atoms with Crippen LogP contribution in [0.2, 0.25) is 5.02 Å². The number of methoxy groups -OCH3 is 1. The van der Waals surface area contributed by atoms with Crippen molar-refractivity contribution in [1.29, 1.82) is 0 Å². The first kappa shape index (κ1) is 18.2. The number of rotatable bonds is 5. The highest BCUT2D eigenvalue weighted by molar-refractivity contribution is 6.32. The molecule has 144 valence electrons. The maximum absolute atomic E-state index is 13.4. The number of fused-ring (bicyclic) bond motifs is 1. The number of hydrogen-bond acceptors (Lipinski definition) is 5. The lowest BCUT2D eigenvalue weighted by Gasteiger charge is -2.24. The van der Waals surface area contributed by atoms with Crippen molar-refractivity contribution in [2.24, 2.45) is 0 Å². The standard InChI is InChI=1S/C19H16ClFN4O3/c1-27-16-7-12(15-8-17(26)24-19-22-10-23-25(15)19)6-14(20)18(16)28-9-11-3-2-4-13(21)5-11/h2-7,10,15H,8-9H2,1H3,(H,22,23,24,26)/t15-/m0/s1. The molecular formula is C19H16ClFN4O3. The average molecular weight is 403 g/mol. The van der Waals surface area contributed by atoms with E-state index in [4.69, 9.17) is 21.1 Å². The molecule has 28 heavy (non-hydrogen) atoms. The van der Waals surface area contributed by atoms with Crippen LogP contribution in [0.1, 0.15) is 23.6 Å². The zero-order chi connectivity index (χ0) is 19.7. The second-order valence-corrected chi connectivity index (χ2v) is 6.66. The highest BCUT2D eigenvalue weighted by Crippen LogP contribution is 2.40. The Balaban J connectivity index is 1.64. The molecule has 1 N–H and O–H groups in total. The van der Waals surface area contributed by atoms with E-state index in [0.717, 1.165) is 5.56 Å². The van der Waals surface area contributed by atoms with Crippen LogP contribution in [0, 0.1) is 5.82 Å². The Kier molecular flexibility index (Phi) is 4.87. The van der Waals surface area contributed by atoms with E-state index in [0.29, 0.717) is 28.0 Å². The molecule has 1 aliphatic heterocycles. The lowest BCUT2D eigenvalue weighted by Crippen LogP contribution is -2.29. The molecule has 0 saturated heterocycles. The molecule has 9 heteroatoms. The van der Waals surface area contributed by atoms with Gasteiger partial charge in [0.2, 0.25) is 11.9 Å². The summed E-state index contributed by atoms with van der Waals surface area (Å²) in [6.45, 7) is 0.131. The molecule has 0 unspecified atom stereocenters. The average Bonchev–Trinajstić information content (AvgIpc) is 3.14. The summed E-state index contributed by atoms with van der Waals surface area (Å²) in [6, 6.07) is 9.22. The summed E-state index contributed by atoms with van der Waals surface area (Å²) in [6.07, 6.45) is 1.57. The zero-order valence-corrected chi connectivity index (χ0v) is 15.6. The Morgan fingerprint density at radius 3 is 3.00 bits per heavy atom. The van der Waals surface area contributed by atoms with Gasteiger partial charge in [0, 0.05) is 0 Å². The SMILES string of the molecule is COc1cc([C@@H]2CC(=O)Nc3ncnn32)cc(Cl)c1OCc1cccc(F)c1. The van der Waals surface area contributed by atoms with Crippen molar-refractivity contribution in [3.63, 3.8) is 0 Å². The number of halogens is 2. The Morgan fingerprint density at radius 2 is 2.21 bits per heavy atom. The first-order chi connectivity index (χ1) is 13.5. The van der Waals surface area contributed by atoms with Gasteiger partial charge in [-0.2, -0.15) is 10.1 Å². The highest BCUT2D eigenvalue weighted by atomic mass is 35.5. The van der Waals surface area contributed by atoms with Crippen molar-refractivity contribution in [1.82, 2.24) is 14.8 Å². The minimum absolute atomic E-state index is 0.131. The molecule has 0 spiro atoms. The summed E-state index contributed by atoms with van der Waals surface area (Å²) < 4.78 is 26.2. The number of amides is 1. The van der Waals surface area contributed by atoms with Gasteiger partial charge in [0.25, 0.3) is 0 Å². The Bertz CT molecular complexity index is 1040. The van der Waals surface area contributed by atoms with E-state index < -0.39 is 0 Å². The topological polar surface area (TPSA) is 78.3 Å². The molecule has 0 bridgehead atoms. The van der Waals surface area contributed by atoms with Crippen LogP contribution < -0.4 is 14.8 Å². The second kappa shape index (κ2) is 7.47. The van der Waals surface area contributed by atoms with Gasteiger partial charge in [0.15, 0.2) is 11.5 Å². The first-order valence-corrected chi connectivity index (χ1v) is 8.87. The van der Waals surface area contributed by atoms with Gasteiger partial charge in [-0.05, 0) is 35.4 Å². The van der Waals surface area contributed by atoms with Crippen LogP contribution in [0.4, 0.5) is 10.3 Å². The van der Waals surface area contributed by atoms with E-state index in [1.54, 1.807) is 28.9 Å². The number of anilines is 1. The minimum Gasteiger partial charge on any atom is -0.493 e. The van der Waals surface area contributed by atoms with Crippen LogP contribution in [-0.4, -0.2) is 27.8 Å². The van der Waals surface area contributed by atoms with Crippen LogP contribution >= 0.6 is 11.6 Å². The Hall–Kier alpha value is -3.13. The number of ether oxygens (including phenoxy) is 2. The molecule has 0 radical (unpaired) electrons. The molecule has 0 saturated carbocycles. The van der Waals surface area contributed by atoms with E-state index in [9.17, 15) is 9.18 Å². The predicted molar refractivity (Wildman–Crippen MR) is 100 cm³/mol. The fourth-order valence-electron chi connectivity index (χ4n) is 3.12. The van der Waals surface area contributed by atoms with E-state index in [1.165, 1.54) is 25.6 Å². The van der Waals surface area contributed by atoms with Crippen molar-refractivity contribution >= 4 is 23.5 Å². The number of aromatic nitrogens is 3. The molecule has 7 nitrogen and oxygen atoms in total. The van der Waals surface area contributed by atoms with Gasteiger partial charge < -0.3 is 9.47 Å². The summed E-state index contributed by atoms with van der Waals surface area (Å²) in [5, 5.41) is 7.17. The van der Waals surface area contributed by atoms with E-state index in [-0.39, 0.29) is 30.8 Å². The second-order valence-electron chi connectivity index (χ2n) is 6.25. The largest absolute Gasteiger partial charge is 0.493 e. The third-order valence-electron chi connectivity index (χ3n) is 4.41. The van der Waals surface area contributed by atoms with Crippen LogP contribution in [-0.2, 0) is 11.4 Å². The van der Waals surface area contributed by atoms with E-state index in [1.807, 2.05) is 0 Å². The summed E-state index contributed by atoms with van der Waals surface area (Å²) in [7, 11) is 1.50. The number of carbonyl (C=O) groups excluding carboxylic acids is 1. The van der Waals surface area contributed by atoms with Gasteiger partial charge >= 0.3 is 0 Å². The number of nitrogens with zero attached hydrogens (tertiary/aromatic N) is 3. The molecule has 2 heterocycles. The molecular weight excluding hydrogens is 387 g/mol. The van der Waals surface area contributed by atoms with Gasteiger partial charge in [0.05, 0.1) is 24.6 Å². The number of benzene rings is 2. The molecule has 1 atom stereocenters. The van der Waals surface area contributed by atoms with Crippen LogP contribution in [0.3, 0.4) is 0 Å². The first-order valence-electron chi connectivity index (χ1n) is 8.49. The van der Waals surface area contributed by atoms with Gasteiger partial charge in [0.1, 0.15) is 18.8 Å². The molecule has 1 aromatic heterocycles. The molecule has 0 aliphatic carbocycles. The molecule has 1 aliphatic rings. The third-order valence-corrected chi connectivity index (χ3v) is 4.69. The third kappa shape index (κ3) is 3.50. The van der Waals surface area contributed by atoms with E-state index >= 15 is 0 Å². The van der Waals surface area contributed by atoms with Crippen LogP contribution in [0.5, 0.6) is 11.5 Å². The summed E-state index contributed by atoms with van der Waals surface area (Å²) in [5.41, 5.74) is 1.40. The van der Waals surface area contributed by atoms with Crippen molar-refractivity contribution < 1.29 is 18.7 Å². The smallest absolute Gasteiger partial charge is 0.229 e. The minimum atomic E-state index is -0.366. The van der Waals surface area contributed by atoms with Crippen LogP contribution in [0.25, 0.3) is 0 Å². The van der Waals surface area contributed by atoms with Crippen molar-refractivity contribution in [2.75, 3.05) is 12.4 Å². The van der Waals surface area contributed by atoms with Gasteiger partial charge in [-0.15, -0.1) is 0 Å². The molecule has 1 amide bonds. The monoisotopic (exact) mass is 402 g/mol. The van der Waals surface area contributed by atoms with Crippen molar-refractivity contribution in [3.8, 4) is 11.5 Å². The number of carbonyl (C=O) groups is 1. The molecule has 2 aromatic carbocycles. The van der Waals surface area contributed by atoms with Gasteiger partial charge in [-0.25, -0.2) is 9.07 Å². The van der Waals surface area contributed by atoms with Crippen molar-refractivity contribution in [3.05, 3.63) is 64.7 Å². The molecule has 0 fully saturated rings. The van der Waals surface area contributed by atoms with Crippen LogP contribution in [0.15, 0.2) is 42.7 Å². The van der Waals surface area contributed by atoms with E-state index in [2.05, 4.69) is 15.4 Å². The Morgan fingerprint density at radius 1 is 1.36 bits per heavy atom. The number of nitrogens with one attached hydrogen (secondary N) is 1. The Labute approximate surface area is 165 Å². The molecule has 4 rings (SSSR count). The maximum Gasteiger partial charge on any atom is 0.229 e. The summed E-state index contributed by atoms with van der Waals surface area (Å²) in [4.78, 5) is 16.0. The maximum atomic E-state index is 13.4. The van der Waals surface area contributed by atoms with Gasteiger partial charge in [-0.1, -0.05) is 23.7 Å². The quantitative estimate of drug-likeness (QED) is 0.705. The van der Waals surface area contributed by atoms with Crippen molar-refractivity contribution in [2.45, 2.75) is 19.1 Å². The zero-order valence-electron chi connectivity index (χ0n) is 14.9.